The van der Waals surface area contributed by atoms with Crippen LogP contribution in [0.15, 0.2) is 187 Å². The Hall–Kier alpha value is -7.34. The van der Waals surface area contributed by atoms with Crippen molar-refractivity contribution < 1.29 is 46.5 Å². The predicted octanol–water partition coefficient (Wildman–Crippen LogP) is 13.2. The zero-order valence-electron chi connectivity index (χ0n) is 57.6. The van der Waals surface area contributed by atoms with Crippen LogP contribution in [0.5, 0.6) is 23.0 Å². The van der Waals surface area contributed by atoms with Gasteiger partial charge in [0.2, 0.25) is 0 Å². The van der Waals surface area contributed by atoms with Crippen molar-refractivity contribution in [3.63, 3.8) is 0 Å². The Morgan fingerprint density at radius 3 is 1.90 bits per heavy atom. The lowest BCUT2D eigenvalue weighted by Crippen LogP contribution is -2.57. The maximum absolute atomic E-state index is 9.90. The number of para-hydroxylation sites is 3. The fraction of sp³-hybridized carbons (Fsp3) is 0.0182. The average molecular weight is 811 g/mol. The molecule has 0 bridgehead atoms. The number of ether oxygens (including phenoxy) is 2. The van der Waals surface area contributed by atoms with Crippen molar-refractivity contribution in [1.82, 2.24) is 4.57 Å². The summed E-state index contributed by atoms with van der Waals surface area (Å²) in [5.41, 5.74) is -2.75. The largest absolute Gasteiger partial charge is 0.458 e. The van der Waals surface area contributed by atoms with Crippen LogP contribution < -0.4 is 25.9 Å². The third kappa shape index (κ3) is 4.96. The molecule has 0 amide bonds. The van der Waals surface area contributed by atoms with Gasteiger partial charge in [-0.15, -0.1) is 11.3 Å². The Morgan fingerprint density at radius 2 is 1.10 bits per heavy atom. The van der Waals surface area contributed by atoms with Crippen molar-refractivity contribution in [3.8, 4) is 62.1 Å². The van der Waals surface area contributed by atoms with E-state index in [0.29, 0.717) is 0 Å². The summed E-state index contributed by atoms with van der Waals surface area (Å²) < 4.78 is 257. The maximum atomic E-state index is 9.90. The molecule has 2 aliphatic heterocycles. The SMILES string of the molecule is [2H]c1c([2H])c([2H])c(-n2c3c([2H])c([2H])c([2H])c([2H])c3c3c([2H])c(-c4c([2H])c([2H])c([2H])c5c4sc4c(-c6ccc(-c7c([2H])c8c9c(c7[2H])Oc7c([2H])c(C)c([2H])c([2H])c7B9c7c([2H])c([2H])c([2H])c([2H])c7O8)cc6)c([2H])c([2H])c([2H])c45)c([2H])c([2H])c32)c([2H])c1[2H]. The van der Waals surface area contributed by atoms with E-state index in [-0.39, 0.29) is 99.5 Å². The fourth-order valence-corrected chi connectivity index (χ4v) is 9.16. The minimum atomic E-state index is -1.36. The van der Waals surface area contributed by atoms with Gasteiger partial charge in [-0.2, -0.15) is 0 Å². The smallest absolute Gasteiger partial charge is 0.260 e. The second-order valence-corrected chi connectivity index (χ2v) is 14.9. The van der Waals surface area contributed by atoms with E-state index in [9.17, 15) is 12.3 Å². The Kier molecular flexibility index (Phi) is 3.58. The summed E-state index contributed by atoms with van der Waals surface area (Å²) in [6, 6.07) is -12.3. The molecule has 60 heavy (non-hydrogen) atoms. The number of hydrogen-bond donors (Lipinski definition) is 0. The molecule has 0 N–H and O–H groups in total. The highest BCUT2D eigenvalue weighted by atomic mass is 32.1. The summed E-state index contributed by atoms with van der Waals surface area (Å²) in [5, 5.41) is -1.28. The number of aromatic nitrogens is 1. The van der Waals surface area contributed by atoms with Crippen LogP contribution in [0.1, 0.15) is 42.6 Å². The van der Waals surface area contributed by atoms with E-state index in [1.165, 1.54) is 31.2 Å². The van der Waals surface area contributed by atoms with E-state index in [4.69, 9.17) is 34.1 Å². The molecule has 0 saturated carbocycles. The normalized spacial score (nSPS) is 18.9. The van der Waals surface area contributed by atoms with Crippen molar-refractivity contribution in [3.05, 3.63) is 193 Å². The lowest BCUT2D eigenvalue weighted by Gasteiger charge is -2.33. The second kappa shape index (κ2) is 12.8. The summed E-state index contributed by atoms with van der Waals surface area (Å²) in [6.45, 7) is 0.0754. The van der Waals surface area contributed by atoms with Crippen molar-refractivity contribution >= 4 is 76.4 Å². The van der Waals surface area contributed by atoms with Crippen molar-refractivity contribution in [2.75, 3.05) is 0 Å². The zero-order valence-corrected chi connectivity index (χ0v) is 31.4. The molecule has 0 saturated heterocycles. The minimum Gasteiger partial charge on any atom is -0.458 e. The molecule has 2 aliphatic rings. The first kappa shape index (κ1) is 16.7. The second-order valence-electron chi connectivity index (χ2n) is 13.9. The van der Waals surface area contributed by atoms with E-state index >= 15 is 0 Å². The van der Waals surface area contributed by atoms with Gasteiger partial charge in [0.05, 0.1) is 48.0 Å². The quantitative estimate of drug-likeness (QED) is 0.165. The van der Waals surface area contributed by atoms with Crippen LogP contribution in [0.4, 0.5) is 0 Å². The van der Waals surface area contributed by atoms with Crippen LogP contribution in [-0.2, 0) is 0 Å². The van der Waals surface area contributed by atoms with Crippen molar-refractivity contribution in [2.45, 2.75) is 6.92 Å². The van der Waals surface area contributed by atoms with Gasteiger partial charge in [-0.25, -0.2) is 0 Å². The lowest BCUT2D eigenvalue weighted by atomic mass is 9.35. The van der Waals surface area contributed by atoms with Crippen LogP contribution in [-0.4, -0.2) is 11.3 Å². The highest BCUT2D eigenvalue weighted by molar-refractivity contribution is 7.26. The maximum Gasteiger partial charge on any atom is 0.260 e. The number of hydrogen-bond acceptors (Lipinski definition) is 3. The van der Waals surface area contributed by atoms with Crippen LogP contribution in [0.2, 0.25) is 0 Å². The molecule has 0 radical (unpaired) electrons. The molecule has 280 valence electrons. The van der Waals surface area contributed by atoms with Crippen LogP contribution >= 0.6 is 11.3 Å². The Morgan fingerprint density at radius 1 is 0.467 bits per heavy atom. The minimum absolute atomic E-state index is 0.0263. The van der Waals surface area contributed by atoms with Crippen LogP contribution in [0, 0.1) is 6.92 Å². The van der Waals surface area contributed by atoms with Gasteiger partial charge < -0.3 is 14.0 Å². The summed E-state index contributed by atoms with van der Waals surface area (Å²) in [7, 11) is 0. The van der Waals surface area contributed by atoms with Gasteiger partial charge in [-0.05, 0) is 111 Å². The van der Waals surface area contributed by atoms with Gasteiger partial charge in [0, 0.05) is 42.1 Å². The van der Waals surface area contributed by atoms with E-state index in [0.717, 1.165) is 15.9 Å². The number of benzene rings is 9. The van der Waals surface area contributed by atoms with Crippen molar-refractivity contribution in [1.29, 1.82) is 0 Å². The first-order valence-corrected chi connectivity index (χ1v) is 19.1. The van der Waals surface area contributed by atoms with Gasteiger partial charge in [0.15, 0.2) is 0 Å². The summed E-state index contributed by atoms with van der Waals surface area (Å²) in [4.78, 5) is 0. The third-order valence-corrected chi connectivity index (χ3v) is 11.8. The van der Waals surface area contributed by atoms with Gasteiger partial charge in [-0.1, -0.05) is 133 Å². The molecule has 9 aromatic carbocycles. The molecule has 3 nitrogen and oxygen atoms in total. The molecule has 11 aromatic rings. The number of nitrogens with zero attached hydrogens (tertiary/aromatic N) is 1. The van der Waals surface area contributed by atoms with E-state index < -0.39 is 196 Å². The van der Waals surface area contributed by atoms with E-state index in [1.54, 1.807) is 0 Å². The molecule has 0 unspecified atom stereocenters. The number of rotatable bonds is 4. The molecule has 13 rings (SSSR count). The topological polar surface area (TPSA) is 23.4 Å². The van der Waals surface area contributed by atoms with E-state index in [2.05, 4.69) is 0 Å². The average Bonchev–Trinajstić information content (AvgIpc) is 1.72. The Bertz CT molecular complexity index is 5030. The molecule has 2 aromatic heterocycles. The monoisotopic (exact) mass is 810 g/mol. The molecular formula is C55H34BNO2S. The van der Waals surface area contributed by atoms with Gasteiger partial charge >= 0.3 is 0 Å². The van der Waals surface area contributed by atoms with Crippen LogP contribution in [0.3, 0.4) is 0 Å². The Balaban J connectivity index is 1.04. The standard InChI is InChI=1S/C55H34BNO2S/c1-33-21-27-46-50(29-33)59-52-32-37(31-51-53(52)56(46)45-18-6-8-20-49(45)58-51)34-22-24-35(25-23-34)39-14-9-16-42-43-17-10-15-40(55(43)60-54(39)42)36-26-28-48-44(30-36)41-13-5-7-19-47(41)57(48)38-11-3-2-4-12-38/h2-32H,1H3/i2D,3D,4D,5D,6D,7D,8D,9D,10D,11D,12D,13D,14D,15D,16D,17D,18D,19D,20D,21D,26D,27D,28D,29D,30D,31D,32D. The lowest BCUT2D eigenvalue weighted by molar-refractivity contribution is 0.464. The number of thiophene rings is 1. The fourth-order valence-electron chi connectivity index (χ4n) is 7.91. The molecular weight excluding hydrogens is 749 g/mol. The van der Waals surface area contributed by atoms with Crippen molar-refractivity contribution in [2.24, 2.45) is 0 Å². The predicted molar refractivity (Wildman–Crippen MR) is 252 cm³/mol. The zero-order chi connectivity index (χ0) is 63.0. The molecule has 5 heteroatoms. The van der Waals surface area contributed by atoms with Gasteiger partial charge in [-0.3, -0.25) is 0 Å². The molecule has 4 heterocycles. The first-order chi connectivity index (χ1) is 40.9. The summed E-state index contributed by atoms with van der Waals surface area (Å²) in [6.07, 6.45) is 0. The van der Waals surface area contributed by atoms with Gasteiger partial charge in [0.1, 0.15) is 23.0 Å². The first-order valence-electron chi connectivity index (χ1n) is 31.8. The van der Waals surface area contributed by atoms with Crippen LogP contribution in [0.25, 0.3) is 81.0 Å². The third-order valence-electron chi connectivity index (χ3n) is 10.5. The van der Waals surface area contributed by atoms with E-state index in [1.807, 2.05) is 0 Å². The molecule has 0 aliphatic carbocycles. The Labute approximate surface area is 389 Å². The molecule has 0 spiro atoms. The highest BCUT2D eigenvalue weighted by Gasteiger charge is 2.40. The summed E-state index contributed by atoms with van der Waals surface area (Å²) in [5.74, 6) is -1.19. The van der Waals surface area contributed by atoms with Gasteiger partial charge in [0.25, 0.3) is 6.71 Å². The molecule has 0 fully saturated rings. The molecule has 0 atom stereocenters. The highest BCUT2D eigenvalue weighted by Crippen LogP contribution is 2.46. The summed E-state index contributed by atoms with van der Waals surface area (Å²) >= 11 is 0.763. The number of fused-ring (bicyclic) bond motifs is 10.